The fourth-order valence-electron chi connectivity index (χ4n) is 2.14. The highest BCUT2D eigenvalue weighted by molar-refractivity contribution is 5.12. The molecule has 1 atom stereocenters. The fourth-order valence-corrected chi connectivity index (χ4v) is 2.14. The normalized spacial score (nSPS) is 20.4. The smallest absolute Gasteiger partial charge is 0.234 e. The van der Waals surface area contributed by atoms with Crippen molar-refractivity contribution in [3.8, 4) is 0 Å². The highest BCUT2D eigenvalue weighted by Crippen LogP contribution is 2.42. The molecule has 0 saturated heterocycles. The lowest BCUT2D eigenvalue weighted by Gasteiger charge is -2.36. The van der Waals surface area contributed by atoms with Gasteiger partial charge in [-0.1, -0.05) is 18.5 Å². The quantitative estimate of drug-likeness (QED) is 0.822. The molecule has 1 saturated carbocycles. The van der Waals surface area contributed by atoms with Gasteiger partial charge < -0.3 is 15.0 Å². The van der Waals surface area contributed by atoms with Crippen LogP contribution in [0.4, 0.5) is 0 Å². The highest BCUT2D eigenvalue weighted by atomic mass is 16.5. The number of hydrogen-bond acceptors (Lipinski definition) is 5. The van der Waals surface area contributed by atoms with Crippen LogP contribution in [-0.2, 0) is 10.2 Å². The lowest BCUT2D eigenvalue weighted by molar-refractivity contribution is 0.0902. The maximum Gasteiger partial charge on any atom is 0.234 e. The molecule has 0 spiro atoms. The van der Waals surface area contributed by atoms with Crippen molar-refractivity contribution in [2.24, 2.45) is 5.73 Å². The summed E-state index contributed by atoms with van der Waals surface area (Å²) in [6, 6.07) is 0. The van der Waals surface area contributed by atoms with Gasteiger partial charge in [-0.05, 0) is 19.3 Å². The zero-order valence-corrected chi connectivity index (χ0v) is 9.90. The maximum atomic E-state index is 5.79. The summed E-state index contributed by atoms with van der Waals surface area (Å²) in [4.78, 5) is 4.43. The van der Waals surface area contributed by atoms with E-state index in [9.17, 15) is 0 Å². The van der Waals surface area contributed by atoms with E-state index in [2.05, 4.69) is 10.1 Å². The molecule has 1 unspecified atom stereocenters. The number of nitrogens with zero attached hydrogens (tertiary/aromatic N) is 2. The Morgan fingerprint density at radius 1 is 1.56 bits per heavy atom. The average Bonchev–Trinajstić information content (AvgIpc) is 2.69. The summed E-state index contributed by atoms with van der Waals surface area (Å²) >= 11 is 0. The predicted molar refractivity (Wildman–Crippen MR) is 58.9 cm³/mol. The van der Waals surface area contributed by atoms with Gasteiger partial charge in [-0.3, -0.25) is 0 Å². The minimum absolute atomic E-state index is 0.0583. The molecule has 0 amide bonds. The SMILES string of the molecule is CCC(OC)c1noc(C2(CN)CCC2)n1. The van der Waals surface area contributed by atoms with E-state index in [1.54, 1.807) is 7.11 Å². The Kier molecular flexibility index (Phi) is 3.25. The van der Waals surface area contributed by atoms with Crippen molar-refractivity contribution in [1.29, 1.82) is 0 Å². The van der Waals surface area contributed by atoms with Crippen LogP contribution in [0.15, 0.2) is 4.52 Å². The number of nitrogens with two attached hydrogens (primary N) is 1. The number of hydrogen-bond donors (Lipinski definition) is 1. The third-order valence-corrected chi connectivity index (χ3v) is 3.54. The standard InChI is InChI=1S/C11H19N3O2/c1-3-8(15-2)9-13-10(16-14-9)11(7-12)5-4-6-11/h8H,3-7,12H2,1-2H3. The van der Waals surface area contributed by atoms with E-state index >= 15 is 0 Å². The minimum atomic E-state index is -0.0765. The molecule has 1 aliphatic carbocycles. The molecule has 2 rings (SSSR count). The molecule has 1 aliphatic rings. The van der Waals surface area contributed by atoms with Crippen molar-refractivity contribution >= 4 is 0 Å². The molecule has 5 nitrogen and oxygen atoms in total. The van der Waals surface area contributed by atoms with Crippen molar-refractivity contribution in [1.82, 2.24) is 10.1 Å². The Labute approximate surface area is 95.3 Å². The van der Waals surface area contributed by atoms with Gasteiger partial charge >= 0.3 is 0 Å². The summed E-state index contributed by atoms with van der Waals surface area (Å²) in [6.45, 7) is 2.62. The predicted octanol–water partition coefficient (Wildman–Crippen LogP) is 1.55. The van der Waals surface area contributed by atoms with Gasteiger partial charge in [0.15, 0.2) is 0 Å². The molecule has 0 radical (unpaired) electrons. The van der Waals surface area contributed by atoms with Gasteiger partial charge in [0.1, 0.15) is 6.10 Å². The zero-order valence-electron chi connectivity index (χ0n) is 9.90. The third kappa shape index (κ3) is 1.74. The van der Waals surface area contributed by atoms with Crippen LogP contribution in [0.25, 0.3) is 0 Å². The molecule has 2 N–H and O–H groups in total. The van der Waals surface area contributed by atoms with Crippen LogP contribution in [0.1, 0.15) is 50.4 Å². The topological polar surface area (TPSA) is 74.2 Å². The lowest BCUT2D eigenvalue weighted by Crippen LogP contribution is -2.41. The van der Waals surface area contributed by atoms with E-state index in [0.717, 1.165) is 19.3 Å². The van der Waals surface area contributed by atoms with E-state index in [1.807, 2.05) is 6.92 Å². The Morgan fingerprint density at radius 3 is 2.75 bits per heavy atom. The van der Waals surface area contributed by atoms with Crippen molar-refractivity contribution in [2.75, 3.05) is 13.7 Å². The Bertz CT molecular complexity index is 337. The summed E-state index contributed by atoms with van der Waals surface area (Å²) in [5.41, 5.74) is 5.73. The Balaban J connectivity index is 2.18. The molecule has 0 aromatic carbocycles. The van der Waals surface area contributed by atoms with Crippen LogP contribution in [0, 0.1) is 0 Å². The largest absolute Gasteiger partial charge is 0.373 e. The monoisotopic (exact) mass is 225 g/mol. The summed E-state index contributed by atoms with van der Waals surface area (Å²) in [5, 5.41) is 3.99. The van der Waals surface area contributed by atoms with Crippen molar-refractivity contribution in [3.05, 3.63) is 11.7 Å². The van der Waals surface area contributed by atoms with Gasteiger partial charge in [-0.25, -0.2) is 0 Å². The number of rotatable bonds is 5. The van der Waals surface area contributed by atoms with E-state index in [1.165, 1.54) is 6.42 Å². The molecule has 0 bridgehead atoms. The number of methoxy groups -OCH3 is 1. The summed E-state index contributed by atoms with van der Waals surface area (Å²) in [7, 11) is 1.66. The first kappa shape index (κ1) is 11.5. The first-order chi connectivity index (χ1) is 7.75. The first-order valence-corrected chi connectivity index (χ1v) is 5.82. The lowest BCUT2D eigenvalue weighted by atomic mass is 9.69. The second kappa shape index (κ2) is 4.51. The van der Waals surface area contributed by atoms with Gasteiger partial charge in [-0.15, -0.1) is 0 Å². The summed E-state index contributed by atoms with van der Waals surface area (Å²) in [6.07, 6.45) is 4.05. The zero-order chi connectivity index (χ0) is 11.6. The molecule has 1 fully saturated rings. The van der Waals surface area contributed by atoms with E-state index in [-0.39, 0.29) is 11.5 Å². The number of ether oxygens (including phenoxy) is 1. The van der Waals surface area contributed by atoms with Crippen molar-refractivity contribution in [2.45, 2.75) is 44.1 Å². The van der Waals surface area contributed by atoms with Crippen molar-refractivity contribution < 1.29 is 9.26 Å². The Hall–Kier alpha value is -0.940. The third-order valence-electron chi connectivity index (χ3n) is 3.54. The van der Waals surface area contributed by atoms with Gasteiger partial charge in [0.05, 0.1) is 5.41 Å². The molecule has 1 aromatic rings. The fraction of sp³-hybridized carbons (Fsp3) is 0.818. The van der Waals surface area contributed by atoms with E-state index in [4.69, 9.17) is 15.0 Å². The van der Waals surface area contributed by atoms with Gasteiger partial charge in [0.25, 0.3) is 0 Å². The molecular formula is C11H19N3O2. The first-order valence-electron chi connectivity index (χ1n) is 5.82. The average molecular weight is 225 g/mol. The van der Waals surface area contributed by atoms with Crippen LogP contribution < -0.4 is 5.73 Å². The summed E-state index contributed by atoms with van der Waals surface area (Å²) in [5.74, 6) is 1.33. The molecule has 1 aromatic heterocycles. The summed E-state index contributed by atoms with van der Waals surface area (Å²) < 4.78 is 10.6. The van der Waals surface area contributed by atoms with Crippen LogP contribution in [0.3, 0.4) is 0 Å². The van der Waals surface area contributed by atoms with Crippen molar-refractivity contribution in [3.63, 3.8) is 0 Å². The van der Waals surface area contributed by atoms with Crippen LogP contribution in [-0.4, -0.2) is 23.8 Å². The van der Waals surface area contributed by atoms with E-state index in [0.29, 0.717) is 18.3 Å². The maximum absolute atomic E-state index is 5.79. The molecule has 16 heavy (non-hydrogen) atoms. The van der Waals surface area contributed by atoms with Gasteiger partial charge in [0, 0.05) is 13.7 Å². The second-order valence-electron chi connectivity index (χ2n) is 4.43. The molecular weight excluding hydrogens is 206 g/mol. The van der Waals surface area contributed by atoms with Gasteiger partial charge in [-0.2, -0.15) is 4.98 Å². The molecule has 90 valence electrons. The van der Waals surface area contributed by atoms with Crippen LogP contribution >= 0.6 is 0 Å². The van der Waals surface area contributed by atoms with E-state index < -0.39 is 0 Å². The molecule has 5 heteroatoms. The number of aromatic nitrogens is 2. The van der Waals surface area contributed by atoms with Gasteiger partial charge in [0.2, 0.25) is 11.7 Å². The van der Waals surface area contributed by atoms with Crippen LogP contribution in [0.2, 0.25) is 0 Å². The van der Waals surface area contributed by atoms with Crippen LogP contribution in [0.5, 0.6) is 0 Å². The molecule has 0 aliphatic heterocycles. The molecule has 1 heterocycles. The second-order valence-corrected chi connectivity index (χ2v) is 4.43. The minimum Gasteiger partial charge on any atom is -0.373 e. The Morgan fingerprint density at radius 2 is 2.31 bits per heavy atom. The highest BCUT2D eigenvalue weighted by Gasteiger charge is 2.42.